The number of carbonyl (C=O) groups excluding carboxylic acids is 2. The Bertz CT molecular complexity index is 757. The van der Waals surface area contributed by atoms with Crippen LogP contribution in [-0.4, -0.2) is 76.0 Å². The molecule has 0 radical (unpaired) electrons. The van der Waals surface area contributed by atoms with Crippen LogP contribution in [-0.2, 0) is 4.79 Å². The number of aliphatic hydroxyl groups is 4. The van der Waals surface area contributed by atoms with Crippen LogP contribution in [0.15, 0.2) is 12.1 Å². The molecule has 0 aliphatic carbocycles. The SMILES string of the molecule is Cc1cc2c(cc1C)N(C[C@H](O)[C@H](O)[C@H](O)CO)C1NC(=O)NC(=O)C1N2. The molecular weight excluding hydrogens is 356 g/mol. The molecule has 27 heavy (non-hydrogen) atoms. The summed E-state index contributed by atoms with van der Waals surface area (Å²) in [4.78, 5) is 25.7. The van der Waals surface area contributed by atoms with Gasteiger partial charge in [0, 0.05) is 6.54 Å². The van der Waals surface area contributed by atoms with Crippen molar-refractivity contribution >= 4 is 23.3 Å². The van der Waals surface area contributed by atoms with Crippen LogP contribution in [0.3, 0.4) is 0 Å². The number of urea groups is 1. The van der Waals surface area contributed by atoms with Crippen LogP contribution in [0.1, 0.15) is 11.1 Å². The van der Waals surface area contributed by atoms with Gasteiger partial charge in [-0.25, -0.2) is 4.79 Å². The molecule has 0 spiro atoms. The third-order valence-electron chi connectivity index (χ3n) is 5.04. The molecule has 10 heteroatoms. The van der Waals surface area contributed by atoms with E-state index in [-0.39, 0.29) is 6.54 Å². The topological polar surface area (TPSA) is 154 Å². The number of aliphatic hydroxyl groups excluding tert-OH is 4. The smallest absolute Gasteiger partial charge is 0.323 e. The second-order valence-corrected chi connectivity index (χ2v) is 6.94. The lowest BCUT2D eigenvalue weighted by Crippen LogP contribution is -2.71. The van der Waals surface area contributed by atoms with Crippen molar-refractivity contribution in [2.24, 2.45) is 0 Å². The number of hydrogen-bond donors (Lipinski definition) is 7. The Kier molecular flexibility index (Phi) is 5.24. The summed E-state index contributed by atoms with van der Waals surface area (Å²) < 4.78 is 0. The van der Waals surface area contributed by atoms with Crippen molar-refractivity contribution < 1.29 is 30.0 Å². The maximum atomic E-state index is 12.3. The van der Waals surface area contributed by atoms with Gasteiger partial charge in [-0.05, 0) is 37.1 Å². The van der Waals surface area contributed by atoms with E-state index in [1.165, 1.54) is 0 Å². The standard InChI is InChI=1S/C17H24N4O6/c1-7-3-9-10(4-8(7)2)21(5-11(23)14(25)12(24)6-22)15-13(18-9)16(26)20-17(27)19-15/h3-4,11-15,18,22-25H,5-6H2,1-2H3,(H2,19,20,26,27)/t11-,12+,13?,14-,15?/m0/s1. The van der Waals surface area contributed by atoms with Gasteiger partial charge in [0.2, 0.25) is 0 Å². The van der Waals surface area contributed by atoms with Gasteiger partial charge in [-0.1, -0.05) is 0 Å². The van der Waals surface area contributed by atoms with Gasteiger partial charge in [-0.2, -0.15) is 0 Å². The molecule has 0 bridgehead atoms. The molecule has 3 rings (SSSR count). The highest BCUT2D eigenvalue weighted by Crippen LogP contribution is 2.36. The summed E-state index contributed by atoms with van der Waals surface area (Å²) in [6.07, 6.45) is -5.33. The lowest BCUT2D eigenvalue weighted by Gasteiger charge is -2.46. The highest BCUT2D eigenvalue weighted by Gasteiger charge is 2.44. The molecular formula is C17H24N4O6. The predicted octanol–water partition coefficient (Wildman–Crippen LogP) is -1.86. The second-order valence-electron chi connectivity index (χ2n) is 6.94. The third-order valence-corrected chi connectivity index (χ3v) is 5.04. The highest BCUT2D eigenvalue weighted by atomic mass is 16.4. The van der Waals surface area contributed by atoms with Crippen LogP contribution in [0.25, 0.3) is 0 Å². The van der Waals surface area contributed by atoms with Gasteiger partial charge >= 0.3 is 6.03 Å². The number of benzene rings is 1. The van der Waals surface area contributed by atoms with E-state index >= 15 is 0 Å². The number of amides is 3. The molecule has 0 aromatic heterocycles. The number of aryl methyl sites for hydroxylation is 2. The molecule has 5 atom stereocenters. The van der Waals surface area contributed by atoms with Crippen LogP contribution in [0.5, 0.6) is 0 Å². The largest absolute Gasteiger partial charge is 0.394 e. The van der Waals surface area contributed by atoms with Gasteiger partial charge in [0.1, 0.15) is 30.5 Å². The molecule has 7 N–H and O–H groups in total. The maximum Gasteiger partial charge on any atom is 0.323 e. The molecule has 2 unspecified atom stereocenters. The van der Waals surface area contributed by atoms with Crippen molar-refractivity contribution in [1.29, 1.82) is 0 Å². The summed E-state index contributed by atoms with van der Waals surface area (Å²) >= 11 is 0. The molecule has 1 aromatic rings. The van der Waals surface area contributed by atoms with Gasteiger partial charge in [-0.15, -0.1) is 0 Å². The zero-order valence-electron chi connectivity index (χ0n) is 15.0. The highest BCUT2D eigenvalue weighted by molar-refractivity contribution is 6.03. The first-order valence-electron chi connectivity index (χ1n) is 8.63. The number of β-amino-alcohol motifs (C(OH)–C–C–N with tert-alkyl or cyclic N) is 1. The van der Waals surface area contributed by atoms with Crippen molar-refractivity contribution in [3.8, 4) is 0 Å². The normalized spacial score (nSPS) is 24.7. The average Bonchev–Trinajstić information content (AvgIpc) is 2.62. The van der Waals surface area contributed by atoms with E-state index in [2.05, 4.69) is 16.0 Å². The number of fused-ring (bicyclic) bond motifs is 2. The van der Waals surface area contributed by atoms with Gasteiger partial charge in [0.15, 0.2) is 0 Å². The van der Waals surface area contributed by atoms with Crippen LogP contribution in [0.2, 0.25) is 0 Å². The van der Waals surface area contributed by atoms with Gasteiger partial charge in [-0.3, -0.25) is 10.1 Å². The molecule has 1 aromatic carbocycles. The number of imide groups is 1. The first-order chi connectivity index (χ1) is 12.7. The van der Waals surface area contributed by atoms with Crippen molar-refractivity contribution in [2.75, 3.05) is 23.4 Å². The minimum Gasteiger partial charge on any atom is -0.394 e. The summed E-state index contributed by atoms with van der Waals surface area (Å²) in [5.74, 6) is -0.511. The van der Waals surface area contributed by atoms with Crippen LogP contribution in [0, 0.1) is 13.8 Å². The number of carbonyl (C=O) groups is 2. The van der Waals surface area contributed by atoms with Gasteiger partial charge in [0.05, 0.1) is 18.0 Å². The summed E-state index contributed by atoms with van der Waals surface area (Å²) in [6, 6.07) is 2.26. The fourth-order valence-electron chi connectivity index (χ4n) is 3.35. The number of hydrogen-bond acceptors (Lipinski definition) is 8. The minimum atomic E-state index is -1.59. The molecule has 2 heterocycles. The summed E-state index contributed by atoms with van der Waals surface area (Å²) in [5.41, 5.74) is 3.25. The van der Waals surface area contributed by atoms with E-state index in [1.807, 2.05) is 26.0 Å². The van der Waals surface area contributed by atoms with E-state index in [1.54, 1.807) is 4.90 Å². The maximum absolute atomic E-state index is 12.3. The van der Waals surface area contributed by atoms with Gasteiger partial charge in [0.25, 0.3) is 5.91 Å². The zero-order valence-corrected chi connectivity index (χ0v) is 15.0. The molecule has 1 fully saturated rings. The minimum absolute atomic E-state index is 0.176. The van der Waals surface area contributed by atoms with Crippen LogP contribution >= 0.6 is 0 Å². The zero-order chi connectivity index (χ0) is 19.9. The molecule has 1 saturated heterocycles. The monoisotopic (exact) mass is 380 g/mol. The van der Waals surface area contributed by atoms with E-state index in [9.17, 15) is 24.9 Å². The quantitative estimate of drug-likeness (QED) is 0.314. The summed E-state index contributed by atoms with van der Waals surface area (Å²) in [6.45, 7) is 2.95. The van der Waals surface area contributed by atoms with E-state index in [4.69, 9.17) is 5.11 Å². The fourth-order valence-corrected chi connectivity index (χ4v) is 3.35. The van der Waals surface area contributed by atoms with Crippen molar-refractivity contribution in [2.45, 2.75) is 44.4 Å². The lowest BCUT2D eigenvalue weighted by molar-refractivity contribution is -0.122. The van der Waals surface area contributed by atoms with Gasteiger partial charge < -0.3 is 36.0 Å². The first kappa shape index (κ1) is 19.4. The molecule has 10 nitrogen and oxygen atoms in total. The van der Waals surface area contributed by atoms with Crippen molar-refractivity contribution in [1.82, 2.24) is 10.6 Å². The summed E-state index contributed by atoms with van der Waals surface area (Å²) in [7, 11) is 0. The van der Waals surface area contributed by atoms with Crippen LogP contribution < -0.4 is 20.9 Å². The second kappa shape index (κ2) is 7.31. The number of rotatable bonds is 5. The van der Waals surface area contributed by atoms with E-state index in [0.717, 1.165) is 11.1 Å². The Morgan fingerprint density at radius 3 is 2.41 bits per heavy atom. The Hall–Kier alpha value is -2.40. The molecule has 2 aliphatic heterocycles. The Balaban J connectivity index is 1.98. The van der Waals surface area contributed by atoms with Crippen molar-refractivity contribution in [3.63, 3.8) is 0 Å². The number of nitrogens with zero attached hydrogens (tertiary/aromatic N) is 1. The molecule has 148 valence electrons. The molecule has 2 aliphatic rings. The number of nitrogens with one attached hydrogen (secondary N) is 3. The Morgan fingerprint density at radius 1 is 1.07 bits per heavy atom. The lowest BCUT2D eigenvalue weighted by atomic mass is 9.98. The number of anilines is 2. The fraction of sp³-hybridized carbons (Fsp3) is 0.529. The Labute approximate surface area is 155 Å². The summed E-state index contributed by atoms with van der Waals surface area (Å²) in [5, 5.41) is 46.9. The van der Waals surface area contributed by atoms with E-state index < -0.39 is 49.1 Å². The average molecular weight is 380 g/mol. The van der Waals surface area contributed by atoms with Crippen molar-refractivity contribution in [3.05, 3.63) is 23.3 Å². The van der Waals surface area contributed by atoms with Crippen LogP contribution in [0.4, 0.5) is 16.2 Å². The molecule has 3 amide bonds. The molecule has 0 saturated carbocycles. The Morgan fingerprint density at radius 2 is 1.74 bits per heavy atom. The third kappa shape index (κ3) is 3.56. The first-order valence-corrected chi connectivity index (χ1v) is 8.63. The predicted molar refractivity (Wildman–Crippen MR) is 96.2 cm³/mol. The van der Waals surface area contributed by atoms with E-state index in [0.29, 0.717) is 11.4 Å².